The van der Waals surface area contributed by atoms with E-state index < -0.39 is 16.0 Å². The molecule has 0 saturated carbocycles. The van der Waals surface area contributed by atoms with E-state index in [1.807, 2.05) is 13.8 Å². The summed E-state index contributed by atoms with van der Waals surface area (Å²) in [6, 6.07) is 5.11. The standard InChI is InChI=1S/C14H21NO5S/c1-14(2,8-9-20-3)10-15-21(18,19)12-6-4-11(5-7-12)13(16)17/h4-7,15H,8-10H2,1-3H3,(H,16,17). The minimum absolute atomic E-state index is 0.0503. The van der Waals surface area contributed by atoms with Crippen LogP contribution >= 0.6 is 0 Å². The second-order valence-corrected chi connectivity index (χ2v) is 7.33. The third-order valence-electron chi connectivity index (χ3n) is 3.14. The molecule has 0 saturated heterocycles. The van der Waals surface area contributed by atoms with Gasteiger partial charge in [0.2, 0.25) is 10.0 Å². The number of carboxylic acid groups (broad SMARTS) is 1. The topological polar surface area (TPSA) is 92.7 Å². The lowest BCUT2D eigenvalue weighted by Gasteiger charge is -2.24. The molecule has 0 unspecified atom stereocenters. The van der Waals surface area contributed by atoms with Crippen LogP contribution in [0.1, 0.15) is 30.6 Å². The molecule has 7 heteroatoms. The van der Waals surface area contributed by atoms with Gasteiger partial charge in [-0.15, -0.1) is 0 Å². The summed E-state index contributed by atoms with van der Waals surface area (Å²) in [6.45, 7) is 4.73. The van der Waals surface area contributed by atoms with Crippen molar-refractivity contribution in [2.24, 2.45) is 5.41 Å². The predicted molar refractivity (Wildman–Crippen MR) is 78.9 cm³/mol. The molecule has 2 N–H and O–H groups in total. The van der Waals surface area contributed by atoms with Crippen LogP contribution in [0.4, 0.5) is 0 Å². The normalized spacial score (nSPS) is 12.3. The number of benzene rings is 1. The smallest absolute Gasteiger partial charge is 0.335 e. The van der Waals surface area contributed by atoms with E-state index in [-0.39, 0.29) is 22.4 Å². The highest BCUT2D eigenvalue weighted by molar-refractivity contribution is 7.89. The number of hydrogen-bond acceptors (Lipinski definition) is 4. The van der Waals surface area contributed by atoms with Crippen LogP contribution in [0.3, 0.4) is 0 Å². The van der Waals surface area contributed by atoms with Gasteiger partial charge in [0, 0.05) is 20.3 Å². The zero-order valence-electron chi connectivity index (χ0n) is 12.4. The minimum Gasteiger partial charge on any atom is -0.478 e. The van der Waals surface area contributed by atoms with Gasteiger partial charge in [-0.05, 0) is 36.1 Å². The van der Waals surface area contributed by atoms with Gasteiger partial charge in [-0.2, -0.15) is 0 Å². The molecule has 0 aromatic heterocycles. The Bertz CT molecular complexity index is 578. The highest BCUT2D eigenvalue weighted by atomic mass is 32.2. The highest BCUT2D eigenvalue weighted by Crippen LogP contribution is 2.20. The molecule has 1 aromatic carbocycles. The first-order valence-electron chi connectivity index (χ1n) is 6.50. The molecular formula is C14H21NO5S. The molecule has 6 nitrogen and oxygen atoms in total. The summed E-state index contributed by atoms with van der Waals surface area (Å²) in [5, 5.41) is 8.79. The van der Waals surface area contributed by atoms with Crippen molar-refractivity contribution in [2.75, 3.05) is 20.3 Å². The molecule has 0 amide bonds. The van der Waals surface area contributed by atoms with Crippen LogP contribution in [0.25, 0.3) is 0 Å². The van der Waals surface area contributed by atoms with Gasteiger partial charge in [0.05, 0.1) is 10.5 Å². The van der Waals surface area contributed by atoms with Gasteiger partial charge >= 0.3 is 5.97 Å². The van der Waals surface area contributed by atoms with Gasteiger partial charge in [-0.3, -0.25) is 0 Å². The Morgan fingerprint density at radius 1 is 1.29 bits per heavy atom. The summed E-state index contributed by atoms with van der Waals surface area (Å²) >= 11 is 0. The van der Waals surface area contributed by atoms with Crippen molar-refractivity contribution in [3.8, 4) is 0 Å². The third-order valence-corrected chi connectivity index (χ3v) is 4.55. The van der Waals surface area contributed by atoms with Crippen LogP contribution in [-0.4, -0.2) is 39.8 Å². The molecule has 0 fully saturated rings. The molecule has 0 atom stereocenters. The third kappa shape index (κ3) is 5.45. The van der Waals surface area contributed by atoms with Gasteiger partial charge < -0.3 is 9.84 Å². The number of aromatic carboxylic acids is 1. The van der Waals surface area contributed by atoms with E-state index in [0.717, 1.165) is 6.42 Å². The van der Waals surface area contributed by atoms with Gasteiger partial charge in [0.25, 0.3) is 0 Å². The van der Waals surface area contributed by atoms with Gasteiger partial charge in [0.1, 0.15) is 0 Å². The van der Waals surface area contributed by atoms with Gasteiger partial charge in [-0.1, -0.05) is 13.8 Å². The summed E-state index contributed by atoms with van der Waals surface area (Å²) in [5.74, 6) is -1.09. The quantitative estimate of drug-likeness (QED) is 0.762. The lowest BCUT2D eigenvalue weighted by Crippen LogP contribution is -2.34. The fraction of sp³-hybridized carbons (Fsp3) is 0.500. The van der Waals surface area contributed by atoms with E-state index in [1.165, 1.54) is 24.3 Å². The maximum Gasteiger partial charge on any atom is 0.335 e. The molecule has 0 bridgehead atoms. The maximum atomic E-state index is 12.1. The number of methoxy groups -OCH3 is 1. The van der Waals surface area contributed by atoms with Crippen LogP contribution in [-0.2, 0) is 14.8 Å². The minimum atomic E-state index is -3.64. The Morgan fingerprint density at radius 3 is 2.33 bits per heavy atom. The summed E-state index contributed by atoms with van der Waals surface area (Å²) in [4.78, 5) is 10.8. The number of nitrogens with one attached hydrogen (secondary N) is 1. The van der Waals surface area contributed by atoms with E-state index in [9.17, 15) is 13.2 Å². The zero-order chi connectivity index (χ0) is 16.1. The summed E-state index contributed by atoms with van der Waals surface area (Å²) in [7, 11) is -2.04. The fourth-order valence-corrected chi connectivity index (χ4v) is 2.86. The first kappa shape index (κ1) is 17.6. The fourth-order valence-electron chi connectivity index (χ4n) is 1.62. The van der Waals surface area contributed by atoms with Crippen molar-refractivity contribution in [2.45, 2.75) is 25.2 Å². The molecule has 0 heterocycles. The first-order chi connectivity index (χ1) is 9.68. The van der Waals surface area contributed by atoms with Crippen molar-refractivity contribution in [1.82, 2.24) is 4.72 Å². The molecule has 1 rings (SSSR count). The molecule has 1 aromatic rings. The van der Waals surface area contributed by atoms with E-state index in [4.69, 9.17) is 9.84 Å². The molecule has 118 valence electrons. The van der Waals surface area contributed by atoms with Crippen LogP contribution < -0.4 is 4.72 Å². The monoisotopic (exact) mass is 315 g/mol. The second-order valence-electron chi connectivity index (χ2n) is 5.56. The number of carbonyl (C=O) groups is 1. The van der Waals surface area contributed by atoms with Crippen molar-refractivity contribution < 1.29 is 23.1 Å². The number of hydrogen-bond donors (Lipinski definition) is 2. The number of ether oxygens (including phenoxy) is 1. The molecule has 0 aliphatic carbocycles. The van der Waals surface area contributed by atoms with E-state index >= 15 is 0 Å². The Morgan fingerprint density at radius 2 is 1.86 bits per heavy atom. The van der Waals surface area contributed by atoms with Crippen LogP contribution in [0.2, 0.25) is 0 Å². The van der Waals surface area contributed by atoms with Crippen molar-refractivity contribution in [3.05, 3.63) is 29.8 Å². The van der Waals surface area contributed by atoms with Crippen molar-refractivity contribution in [1.29, 1.82) is 0 Å². The summed E-state index contributed by atoms with van der Waals surface area (Å²) in [5.41, 5.74) is -0.182. The van der Waals surface area contributed by atoms with E-state index in [2.05, 4.69) is 4.72 Å². The Hall–Kier alpha value is -1.44. The number of rotatable bonds is 8. The number of sulfonamides is 1. The average molecular weight is 315 g/mol. The lowest BCUT2D eigenvalue weighted by molar-refractivity contribution is 0.0696. The highest BCUT2D eigenvalue weighted by Gasteiger charge is 2.22. The van der Waals surface area contributed by atoms with Crippen molar-refractivity contribution >= 4 is 16.0 Å². The van der Waals surface area contributed by atoms with Gasteiger partial charge in [-0.25, -0.2) is 17.9 Å². The maximum absolute atomic E-state index is 12.1. The molecule has 0 spiro atoms. The second kappa shape index (κ2) is 7.02. The predicted octanol–water partition coefficient (Wildman–Crippen LogP) is 1.73. The van der Waals surface area contributed by atoms with Crippen LogP contribution in [0, 0.1) is 5.41 Å². The Balaban J connectivity index is 2.75. The zero-order valence-corrected chi connectivity index (χ0v) is 13.2. The van der Waals surface area contributed by atoms with E-state index in [0.29, 0.717) is 6.61 Å². The largest absolute Gasteiger partial charge is 0.478 e. The molecule has 21 heavy (non-hydrogen) atoms. The number of carboxylic acids is 1. The lowest BCUT2D eigenvalue weighted by atomic mass is 9.90. The van der Waals surface area contributed by atoms with Crippen LogP contribution in [0.5, 0.6) is 0 Å². The molecular weight excluding hydrogens is 294 g/mol. The van der Waals surface area contributed by atoms with Crippen LogP contribution in [0.15, 0.2) is 29.2 Å². The van der Waals surface area contributed by atoms with Gasteiger partial charge in [0.15, 0.2) is 0 Å². The molecule has 0 aliphatic heterocycles. The average Bonchev–Trinajstić information content (AvgIpc) is 2.43. The summed E-state index contributed by atoms with van der Waals surface area (Å²) in [6.07, 6.45) is 0.726. The van der Waals surface area contributed by atoms with E-state index in [1.54, 1.807) is 7.11 Å². The molecule has 0 aliphatic rings. The summed E-state index contributed by atoms with van der Waals surface area (Å²) < 4.78 is 31.8. The Labute approximate surface area is 125 Å². The Kier molecular flexibility index (Phi) is 5.88. The van der Waals surface area contributed by atoms with Crippen molar-refractivity contribution in [3.63, 3.8) is 0 Å². The SMILES string of the molecule is COCCC(C)(C)CNS(=O)(=O)c1ccc(C(=O)O)cc1. The first-order valence-corrected chi connectivity index (χ1v) is 7.98. The molecule has 0 radical (unpaired) electrons.